The van der Waals surface area contributed by atoms with Gasteiger partial charge >= 0.3 is 18.2 Å². The number of nitrogens with one attached hydrogen (secondary N) is 1. The van der Waals surface area contributed by atoms with Gasteiger partial charge in [0.25, 0.3) is 0 Å². The van der Waals surface area contributed by atoms with Crippen LogP contribution in [0.3, 0.4) is 0 Å². The van der Waals surface area contributed by atoms with Gasteiger partial charge in [-0.3, -0.25) is 14.6 Å². The number of halogens is 3. The van der Waals surface area contributed by atoms with Crippen LogP contribution in [0.4, 0.5) is 18.0 Å². The highest BCUT2D eigenvalue weighted by Gasteiger charge is 2.43. The molecule has 0 aromatic heterocycles. The SMILES string of the molecule is CCOC(=O)C1=C(CN2CCN(C(=O)C3CC3)[C@H](C)C2)N(CC)C(=O)N[C@@H]1c1ccccc1C(F)(F)F. The molecule has 0 bridgehead atoms. The van der Waals surface area contributed by atoms with E-state index in [4.69, 9.17) is 4.74 Å². The van der Waals surface area contributed by atoms with E-state index < -0.39 is 29.8 Å². The summed E-state index contributed by atoms with van der Waals surface area (Å²) in [5, 5.41) is 2.61. The van der Waals surface area contributed by atoms with Gasteiger partial charge in [-0.05, 0) is 45.2 Å². The van der Waals surface area contributed by atoms with E-state index in [-0.39, 0.29) is 48.7 Å². The van der Waals surface area contributed by atoms with E-state index in [0.29, 0.717) is 25.3 Å². The van der Waals surface area contributed by atoms with Crippen molar-refractivity contribution >= 4 is 17.9 Å². The first-order valence-electron chi connectivity index (χ1n) is 12.7. The third-order valence-electron chi connectivity index (χ3n) is 7.12. The molecule has 3 amide bonds. The van der Waals surface area contributed by atoms with Crippen molar-refractivity contribution in [1.29, 1.82) is 0 Å². The normalized spacial score (nSPS) is 23.2. The number of alkyl halides is 3. The lowest BCUT2D eigenvalue weighted by molar-refractivity contribution is -0.141. The Hall–Kier alpha value is -3.08. The molecule has 2 fully saturated rings. The fraction of sp³-hybridized carbons (Fsp3) is 0.577. The van der Waals surface area contributed by atoms with E-state index >= 15 is 0 Å². The summed E-state index contributed by atoms with van der Waals surface area (Å²) in [5.41, 5.74) is -0.829. The van der Waals surface area contributed by atoms with Crippen LogP contribution in [-0.2, 0) is 20.5 Å². The van der Waals surface area contributed by atoms with Crippen molar-refractivity contribution in [3.63, 3.8) is 0 Å². The molecule has 1 aliphatic carbocycles. The molecule has 1 N–H and O–H groups in total. The van der Waals surface area contributed by atoms with E-state index in [1.165, 1.54) is 23.1 Å². The first-order valence-corrected chi connectivity index (χ1v) is 12.7. The number of urea groups is 1. The van der Waals surface area contributed by atoms with Crippen LogP contribution in [0.25, 0.3) is 0 Å². The summed E-state index contributed by atoms with van der Waals surface area (Å²) < 4.78 is 47.0. The van der Waals surface area contributed by atoms with Crippen LogP contribution in [0.2, 0.25) is 0 Å². The van der Waals surface area contributed by atoms with E-state index in [9.17, 15) is 27.6 Å². The number of hydrogen-bond acceptors (Lipinski definition) is 5. The monoisotopic (exact) mass is 522 g/mol. The van der Waals surface area contributed by atoms with E-state index in [1.54, 1.807) is 13.8 Å². The number of nitrogens with zero attached hydrogens (tertiary/aromatic N) is 3. The average Bonchev–Trinajstić information content (AvgIpc) is 3.69. The predicted molar refractivity (Wildman–Crippen MR) is 129 cm³/mol. The molecule has 1 aromatic rings. The molecule has 37 heavy (non-hydrogen) atoms. The van der Waals surface area contributed by atoms with Gasteiger partial charge in [-0.25, -0.2) is 9.59 Å². The van der Waals surface area contributed by atoms with Crippen LogP contribution in [0.15, 0.2) is 35.5 Å². The first kappa shape index (κ1) is 27.0. The number of ether oxygens (including phenoxy) is 1. The molecule has 4 rings (SSSR count). The Morgan fingerprint density at radius 2 is 1.84 bits per heavy atom. The average molecular weight is 523 g/mol. The Bertz CT molecular complexity index is 1090. The Labute approximate surface area is 214 Å². The molecule has 2 atom stereocenters. The highest BCUT2D eigenvalue weighted by Crippen LogP contribution is 2.40. The number of esters is 1. The van der Waals surface area contributed by atoms with Gasteiger partial charge in [-0.15, -0.1) is 0 Å². The molecule has 202 valence electrons. The maximum atomic E-state index is 13.9. The third-order valence-corrected chi connectivity index (χ3v) is 7.12. The van der Waals surface area contributed by atoms with Crippen LogP contribution in [0.5, 0.6) is 0 Å². The first-order chi connectivity index (χ1) is 17.6. The smallest absolute Gasteiger partial charge is 0.416 e. The molecule has 1 saturated heterocycles. The maximum absolute atomic E-state index is 13.9. The van der Waals surface area contributed by atoms with E-state index in [2.05, 4.69) is 5.32 Å². The van der Waals surface area contributed by atoms with Crippen LogP contribution in [-0.4, -0.2) is 78.0 Å². The molecule has 2 heterocycles. The highest BCUT2D eigenvalue weighted by atomic mass is 19.4. The van der Waals surface area contributed by atoms with Gasteiger partial charge in [0.2, 0.25) is 5.91 Å². The zero-order valence-electron chi connectivity index (χ0n) is 21.3. The standard InChI is InChI=1S/C26H33F3N4O4/c1-4-32-20(15-31-12-13-33(16(3)14-31)23(34)17-10-11-17)21(24(35)37-5-2)22(30-25(32)36)18-8-6-7-9-19(18)26(27,28)29/h6-9,16-17,22H,4-5,10-15H2,1-3H3,(H,30,36)/t16-,22-/m1/s1. The molecule has 3 aliphatic rings. The number of piperazine rings is 1. The van der Waals surface area contributed by atoms with Gasteiger partial charge in [0, 0.05) is 50.4 Å². The minimum Gasteiger partial charge on any atom is -0.463 e. The Balaban J connectivity index is 1.72. The van der Waals surface area contributed by atoms with Crippen molar-refractivity contribution in [3.8, 4) is 0 Å². The quantitative estimate of drug-likeness (QED) is 0.554. The summed E-state index contributed by atoms with van der Waals surface area (Å²) in [4.78, 5) is 44.3. The van der Waals surface area contributed by atoms with Crippen molar-refractivity contribution < 1.29 is 32.3 Å². The van der Waals surface area contributed by atoms with Crippen LogP contribution in [0.1, 0.15) is 50.8 Å². The van der Waals surface area contributed by atoms with Gasteiger partial charge in [0.05, 0.1) is 23.8 Å². The Morgan fingerprint density at radius 3 is 2.43 bits per heavy atom. The second kappa shape index (κ2) is 10.7. The fourth-order valence-electron chi connectivity index (χ4n) is 5.18. The van der Waals surface area contributed by atoms with Gasteiger partial charge in [0.1, 0.15) is 0 Å². The summed E-state index contributed by atoms with van der Waals surface area (Å²) in [6.45, 7) is 7.27. The molecule has 0 unspecified atom stereocenters. The molecule has 11 heteroatoms. The predicted octanol–water partition coefficient (Wildman–Crippen LogP) is 3.55. The minimum atomic E-state index is -4.68. The van der Waals surface area contributed by atoms with Crippen LogP contribution < -0.4 is 5.32 Å². The van der Waals surface area contributed by atoms with Gasteiger partial charge in [-0.1, -0.05) is 18.2 Å². The topological polar surface area (TPSA) is 82.2 Å². The molecular weight excluding hydrogens is 489 g/mol. The second-order valence-electron chi connectivity index (χ2n) is 9.68. The lowest BCUT2D eigenvalue weighted by Gasteiger charge is -2.43. The molecule has 1 aromatic carbocycles. The lowest BCUT2D eigenvalue weighted by atomic mass is 9.90. The Kier molecular flexibility index (Phi) is 7.82. The number of amides is 3. The molecule has 8 nitrogen and oxygen atoms in total. The molecule has 1 saturated carbocycles. The maximum Gasteiger partial charge on any atom is 0.416 e. The zero-order chi connectivity index (χ0) is 26.9. The van der Waals surface area contributed by atoms with E-state index in [0.717, 1.165) is 18.9 Å². The number of benzene rings is 1. The molecule has 0 spiro atoms. The van der Waals surface area contributed by atoms with Crippen molar-refractivity contribution in [3.05, 3.63) is 46.7 Å². The Morgan fingerprint density at radius 1 is 1.14 bits per heavy atom. The van der Waals surface area contributed by atoms with E-state index in [1.807, 2.05) is 16.7 Å². The number of carbonyl (C=O) groups is 3. The highest BCUT2D eigenvalue weighted by molar-refractivity contribution is 5.95. The third kappa shape index (κ3) is 5.61. The molecule has 2 aliphatic heterocycles. The number of carbonyl (C=O) groups excluding carboxylic acids is 3. The minimum absolute atomic E-state index is 0.0101. The molecular formula is C26H33F3N4O4. The van der Waals surface area contributed by atoms with Crippen molar-refractivity contribution in [2.45, 2.75) is 51.9 Å². The van der Waals surface area contributed by atoms with Crippen molar-refractivity contribution in [1.82, 2.24) is 20.0 Å². The lowest BCUT2D eigenvalue weighted by Crippen LogP contribution is -2.56. The van der Waals surface area contributed by atoms with Gasteiger partial charge in [-0.2, -0.15) is 13.2 Å². The number of likely N-dealkylation sites (N-methyl/N-ethyl adjacent to an activating group) is 1. The number of rotatable bonds is 7. The summed E-state index contributed by atoms with van der Waals surface area (Å²) in [7, 11) is 0. The van der Waals surface area contributed by atoms with Crippen LogP contribution >= 0.6 is 0 Å². The molecule has 0 radical (unpaired) electrons. The summed E-state index contributed by atoms with van der Waals surface area (Å²) in [6.07, 6.45) is -2.84. The second-order valence-corrected chi connectivity index (χ2v) is 9.68. The van der Waals surface area contributed by atoms with Crippen molar-refractivity contribution in [2.75, 3.05) is 39.3 Å². The number of hydrogen-bond donors (Lipinski definition) is 1. The summed E-state index contributed by atoms with van der Waals surface area (Å²) >= 11 is 0. The zero-order valence-corrected chi connectivity index (χ0v) is 21.3. The summed E-state index contributed by atoms with van der Waals surface area (Å²) in [5.74, 6) is -0.498. The van der Waals surface area contributed by atoms with Crippen LogP contribution in [0, 0.1) is 5.92 Å². The fourth-order valence-corrected chi connectivity index (χ4v) is 5.18. The van der Waals surface area contributed by atoms with Gasteiger partial charge < -0.3 is 15.0 Å². The van der Waals surface area contributed by atoms with Crippen molar-refractivity contribution in [2.24, 2.45) is 5.92 Å². The largest absolute Gasteiger partial charge is 0.463 e. The summed E-state index contributed by atoms with van der Waals surface area (Å²) in [6, 6.07) is 2.96. The van der Waals surface area contributed by atoms with Gasteiger partial charge in [0.15, 0.2) is 0 Å².